The zero-order chi connectivity index (χ0) is 18.5. The first-order valence-corrected chi connectivity index (χ1v) is 8.26. The van der Waals surface area contributed by atoms with Gasteiger partial charge in [0.1, 0.15) is 30.5 Å². The molecular formula is C15H30O10. The Hall–Kier alpha value is -0.400. The van der Waals surface area contributed by atoms with E-state index in [2.05, 4.69) is 0 Å². The van der Waals surface area contributed by atoms with E-state index in [9.17, 15) is 25.5 Å². The van der Waals surface area contributed by atoms with Crippen LogP contribution in [-0.2, 0) is 23.7 Å². The third-order valence-corrected chi connectivity index (χ3v) is 3.10. The fourth-order valence-corrected chi connectivity index (χ4v) is 1.94. The molecule has 0 saturated carbocycles. The Balaban J connectivity index is 2.37. The molecule has 1 fully saturated rings. The molecule has 0 radical (unpaired) electrons. The molecule has 0 aliphatic carbocycles. The van der Waals surface area contributed by atoms with E-state index >= 15 is 0 Å². The molecule has 0 bridgehead atoms. The minimum Gasteiger partial charge on any atom is -0.388 e. The molecule has 10 nitrogen and oxygen atoms in total. The van der Waals surface area contributed by atoms with Gasteiger partial charge in [-0.1, -0.05) is 0 Å². The maximum atomic E-state index is 9.66. The van der Waals surface area contributed by atoms with Crippen LogP contribution in [0.1, 0.15) is 0 Å². The van der Waals surface area contributed by atoms with Crippen LogP contribution in [0.3, 0.4) is 0 Å². The second-order valence-corrected chi connectivity index (χ2v) is 5.96. The summed E-state index contributed by atoms with van der Waals surface area (Å²) < 4.78 is 25.7. The van der Waals surface area contributed by atoms with E-state index in [-0.39, 0.29) is 66.1 Å². The average molecular weight is 370 g/mol. The first-order valence-electron chi connectivity index (χ1n) is 8.26. The molecule has 0 amide bonds. The molecule has 0 atom stereocenters. The summed E-state index contributed by atoms with van der Waals surface area (Å²) in [6, 6.07) is 0. The standard InChI is InChI=1S/C15H30O10/c16-11-1-21-3-12(17)4-23-7-14(19)8-25-10-15(20)9-24-6-13(18)5-22-2-11/h11-20H,1-10H2. The molecule has 150 valence electrons. The summed E-state index contributed by atoms with van der Waals surface area (Å²) in [5, 5.41) is 48.3. The van der Waals surface area contributed by atoms with Crippen LogP contribution in [-0.4, -0.2) is 122 Å². The first-order chi connectivity index (χ1) is 12.0. The third kappa shape index (κ3) is 12.6. The molecule has 1 aliphatic rings. The normalized spacial score (nSPS) is 36.6. The molecule has 25 heavy (non-hydrogen) atoms. The smallest absolute Gasteiger partial charge is 0.101 e. The Labute approximate surface area is 146 Å². The zero-order valence-electron chi connectivity index (χ0n) is 14.2. The van der Waals surface area contributed by atoms with Crippen molar-refractivity contribution in [2.75, 3.05) is 66.1 Å². The van der Waals surface area contributed by atoms with E-state index in [1.807, 2.05) is 0 Å². The maximum Gasteiger partial charge on any atom is 0.101 e. The fourth-order valence-electron chi connectivity index (χ4n) is 1.94. The van der Waals surface area contributed by atoms with E-state index in [4.69, 9.17) is 23.7 Å². The van der Waals surface area contributed by atoms with Crippen molar-refractivity contribution in [2.45, 2.75) is 30.5 Å². The molecule has 1 saturated heterocycles. The fraction of sp³-hybridized carbons (Fsp3) is 1.00. The van der Waals surface area contributed by atoms with Gasteiger partial charge in [0.25, 0.3) is 0 Å². The van der Waals surface area contributed by atoms with Crippen LogP contribution >= 0.6 is 0 Å². The quantitative estimate of drug-likeness (QED) is 0.297. The SMILES string of the molecule is OC1COCC(O)COCC(O)COCC(O)COCC(O)COC1. The average Bonchev–Trinajstić information content (AvgIpc) is 2.54. The number of hydrogen-bond acceptors (Lipinski definition) is 10. The Morgan fingerprint density at radius 2 is 0.440 bits per heavy atom. The summed E-state index contributed by atoms with van der Waals surface area (Å²) in [6.45, 7) is -0.354. The molecule has 0 aromatic heterocycles. The van der Waals surface area contributed by atoms with E-state index in [1.165, 1.54) is 0 Å². The van der Waals surface area contributed by atoms with Crippen LogP contribution in [0.4, 0.5) is 0 Å². The molecule has 0 unspecified atom stereocenters. The Morgan fingerprint density at radius 1 is 0.320 bits per heavy atom. The van der Waals surface area contributed by atoms with Gasteiger partial charge < -0.3 is 49.2 Å². The number of ether oxygens (including phenoxy) is 5. The molecule has 1 aliphatic heterocycles. The summed E-state index contributed by atoms with van der Waals surface area (Å²) >= 11 is 0. The zero-order valence-corrected chi connectivity index (χ0v) is 14.2. The van der Waals surface area contributed by atoms with Crippen LogP contribution in [0.15, 0.2) is 0 Å². The van der Waals surface area contributed by atoms with Gasteiger partial charge in [-0.15, -0.1) is 0 Å². The number of aliphatic hydroxyl groups is 5. The summed E-state index contributed by atoms with van der Waals surface area (Å²) in [4.78, 5) is 0. The second kappa shape index (κ2) is 13.8. The summed E-state index contributed by atoms with van der Waals surface area (Å²) in [7, 11) is 0. The second-order valence-electron chi connectivity index (χ2n) is 5.96. The van der Waals surface area contributed by atoms with Crippen molar-refractivity contribution in [3.63, 3.8) is 0 Å². The van der Waals surface area contributed by atoms with Gasteiger partial charge in [0.15, 0.2) is 0 Å². The van der Waals surface area contributed by atoms with Gasteiger partial charge >= 0.3 is 0 Å². The summed E-state index contributed by atoms with van der Waals surface area (Å²) in [5.41, 5.74) is 0. The van der Waals surface area contributed by atoms with Gasteiger partial charge in [-0.05, 0) is 0 Å². The van der Waals surface area contributed by atoms with Crippen LogP contribution in [0, 0.1) is 0 Å². The van der Waals surface area contributed by atoms with E-state index in [0.29, 0.717) is 0 Å². The topological polar surface area (TPSA) is 147 Å². The van der Waals surface area contributed by atoms with Crippen molar-refractivity contribution in [3.8, 4) is 0 Å². The summed E-state index contributed by atoms with van der Waals surface area (Å²) in [6.07, 6.45) is -4.48. The predicted octanol–water partition coefficient (Wildman–Crippen LogP) is -3.11. The van der Waals surface area contributed by atoms with Crippen molar-refractivity contribution in [1.29, 1.82) is 0 Å². The van der Waals surface area contributed by atoms with Gasteiger partial charge in [-0.25, -0.2) is 0 Å². The highest BCUT2D eigenvalue weighted by Crippen LogP contribution is 1.97. The van der Waals surface area contributed by atoms with E-state index < -0.39 is 30.5 Å². The Bertz CT molecular complexity index is 229. The largest absolute Gasteiger partial charge is 0.388 e. The van der Waals surface area contributed by atoms with Gasteiger partial charge in [0.05, 0.1) is 66.1 Å². The van der Waals surface area contributed by atoms with Crippen LogP contribution in [0.5, 0.6) is 0 Å². The van der Waals surface area contributed by atoms with Crippen molar-refractivity contribution in [1.82, 2.24) is 0 Å². The molecule has 10 heteroatoms. The van der Waals surface area contributed by atoms with Crippen molar-refractivity contribution in [2.24, 2.45) is 0 Å². The minimum absolute atomic E-state index is 0.0354. The molecule has 1 heterocycles. The van der Waals surface area contributed by atoms with E-state index in [0.717, 1.165) is 0 Å². The number of hydrogen-bond donors (Lipinski definition) is 5. The van der Waals surface area contributed by atoms with Gasteiger partial charge in [0.2, 0.25) is 0 Å². The van der Waals surface area contributed by atoms with Gasteiger partial charge in [-0.2, -0.15) is 0 Å². The summed E-state index contributed by atoms with van der Waals surface area (Å²) in [5.74, 6) is 0. The van der Waals surface area contributed by atoms with Crippen molar-refractivity contribution < 1.29 is 49.2 Å². The molecular weight excluding hydrogens is 340 g/mol. The lowest BCUT2D eigenvalue weighted by Gasteiger charge is -2.18. The Morgan fingerprint density at radius 3 is 0.560 bits per heavy atom. The highest BCUT2D eigenvalue weighted by atomic mass is 16.5. The lowest BCUT2D eigenvalue weighted by Crippen LogP contribution is -2.32. The minimum atomic E-state index is -0.896. The number of aliphatic hydroxyl groups excluding tert-OH is 5. The maximum absolute atomic E-state index is 9.66. The monoisotopic (exact) mass is 370 g/mol. The molecule has 0 aromatic carbocycles. The molecule has 0 spiro atoms. The van der Waals surface area contributed by atoms with Crippen LogP contribution in [0.25, 0.3) is 0 Å². The van der Waals surface area contributed by atoms with Gasteiger partial charge in [-0.3, -0.25) is 0 Å². The highest BCUT2D eigenvalue weighted by molar-refractivity contribution is 4.60. The van der Waals surface area contributed by atoms with Crippen molar-refractivity contribution >= 4 is 0 Å². The Kier molecular flexibility index (Phi) is 12.5. The third-order valence-electron chi connectivity index (χ3n) is 3.10. The molecule has 0 aromatic rings. The van der Waals surface area contributed by atoms with Gasteiger partial charge in [0, 0.05) is 0 Å². The first kappa shape index (κ1) is 22.6. The number of rotatable bonds is 0. The molecule has 5 N–H and O–H groups in total. The molecule has 1 rings (SSSR count). The van der Waals surface area contributed by atoms with E-state index in [1.54, 1.807) is 0 Å². The van der Waals surface area contributed by atoms with Crippen molar-refractivity contribution in [3.05, 3.63) is 0 Å². The van der Waals surface area contributed by atoms with Crippen LogP contribution in [0.2, 0.25) is 0 Å². The highest BCUT2D eigenvalue weighted by Gasteiger charge is 2.14. The lowest BCUT2D eigenvalue weighted by atomic mass is 10.3. The lowest BCUT2D eigenvalue weighted by molar-refractivity contribution is -0.0935. The predicted molar refractivity (Wildman–Crippen MR) is 84.1 cm³/mol. The van der Waals surface area contributed by atoms with Crippen LogP contribution < -0.4 is 0 Å².